The molecule has 8 heteroatoms. The summed E-state index contributed by atoms with van der Waals surface area (Å²) in [4.78, 5) is 11.1. The van der Waals surface area contributed by atoms with Gasteiger partial charge in [0, 0.05) is 79.8 Å². The lowest BCUT2D eigenvalue weighted by Gasteiger charge is -2.26. The van der Waals surface area contributed by atoms with Crippen LogP contribution in [0.4, 0.5) is 34.1 Å². The first-order chi connectivity index (χ1) is 28.0. The van der Waals surface area contributed by atoms with Crippen molar-refractivity contribution in [1.29, 1.82) is 0 Å². The van der Waals surface area contributed by atoms with Gasteiger partial charge in [0.05, 0.1) is 0 Å². The second-order valence-electron chi connectivity index (χ2n) is 14.0. The Bertz CT molecular complexity index is 2580. The Balaban J connectivity index is 1.32. The Morgan fingerprint density at radius 3 is 1.86 bits per heavy atom. The third-order valence-electron chi connectivity index (χ3n) is 10.2. The molecule has 0 unspecified atom stereocenters. The van der Waals surface area contributed by atoms with Gasteiger partial charge in [-0.2, -0.15) is 7.79 Å². The van der Waals surface area contributed by atoms with E-state index in [9.17, 15) is 5.11 Å². The number of aliphatic hydroxyl groups is 1. The van der Waals surface area contributed by atoms with E-state index < -0.39 is 0 Å². The van der Waals surface area contributed by atoms with Crippen LogP contribution >= 0.6 is 34.3 Å². The third kappa shape index (κ3) is 8.51. The Morgan fingerprint density at radius 2 is 1.23 bits per heavy atom. The van der Waals surface area contributed by atoms with Crippen molar-refractivity contribution in [3.8, 4) is 21.6 Å². The second-order valence-corrected chi connectivity index (χ2v) is 15.4. The van der Waals surface area contributed by atoms with E-state index in [-0.39, 0.29) is 6.61 Å². The number of aryl methyl sites for hydroxylation is 2. The highest BCUT2D eigenvalue weighted by molar-refractivity contribution is 14.1. The first kappa shape index (κ1) is 38.5. The summed E-state index contributed by atoms with van der Waals surface area (Å²) in [7, 11) is 0. The van der Waals surface area contributed by atoms with Crippen LogP contribution in [-0.4, -0.2) is 31.4 Å². The topological polar surface area (TPSA) is 48.2 Å². The maximum atomic E-state index is 10.2. The summed E-state index contributed by atoms with van der Waals surface area (Å²) in [5, 5.41) is 12.4. The standard InChI is InChI=1S/C49H43IN3O3S/c1-35-13-19-38(20-14-35)51(29-31-54)43-25-27-45-47(33-43)57-48-34-44(52(30-32-55-56-50)39-21-15-36(2)16-22-39)26-28-46(48)49(45)37-17-23-42(24-18-37)53(40-9-5-3-6-10-40)41-11-7-4-8-12-41/h3-28,33-34,54H,29-32H2,1-2H3/q+1. The Hall–Kier alpha value is -5.36. The molecule has 0 aromatic heterocycles. The maximum absolute atomic E-state index is 10.2. The van der Waals surface area contributed by atoms with Crippen LogP contribution in [0.5, 0.6) is 0 Å². The van der Waals surface area contributed by atoms with Crippen LogP contribution < -0.4 is 19.7 Å². The molecule has 0 bridgehead atoms. The van der Waals surface area contributed by atoms with Crippen LogP contribution in [0.15, 0.2) is 170 Å². The Morgan fingerprint density at radius 1 is 0.632 bits per heavy atom. The Labute approximate surface area is 352 Å². The van der Waals surface area contributed by atoms with Crippen LogP contribution in [0.25, 0.3) is 31.7 Å². The molecule has 0 saturated carbocycles. The molecule has 57 heavy (non-hydrogen) atoms. The lowest BCUT2D eigenvalue weighted by atomic mass is 9.94. The number of rotatable bonds is 13. The van der Waals surface area contributed by atoms with Gasteiger partial charge < -0.3 is 14.9 Å². The number of hydrogen-bond donors (Lipinski definition) is 1. The van der Waals surface area contributed by atoms with E-state index >= 15 is 0 Å². The number of hydrogen-bond acceptors (Lipinski definition) is 6. The minimum absolute atomic E-state index is 0.0398. The molecule has 6 aromatic carbocycles. The molecule has 0 fully saturated rings. The summed E-state index contributed by atoms with van der Waals surface area (Å²) in [6.45, 7) is 5.74. The zero-order valence-electron chi connectivity index (χ0n) is 31.9. The van der Waals surface area contributed by atoms with E-state index in [2.05, 4.69) is 198 Å². The largest absolute Gasteiger partial charge is 0.390 e. The predicted octanol–water partition coefficient (Wildman–Crippen LogP) is 12.3. The van der Waals surface area contributed by atoms with Gasteiger partial charge in [0.25, 0.3) is 0 Å². The SMILES string of the molecule is Cc1ccc(N(CCOOI)c2ccc3c(-c4ccc(N(c5ccccc5)c5ccccc5)cc4)c4ccc(=[N+](CCO)c5ccc(C)cc5)cc-4sc3c2)cc1. The van der Waals surface area contributed by atoms with E-state index in [1.54, 1.807) is 34.3 Å². The summed E-state index contributed by atoms with van der Waals surface area (Å²) in [5.41, 5.74) is 12.4. The van der Waals surface area contributed by atoms with Crippen molar-refractivity contribution < 1.29 is 13.2 Å². The summed E-state index contributed by atoms with van der Waals surface area (Å²) in [6, 6.07) is 60.5. The van der Waals surface area contributed by atoms with Crippen molar-refractivity contribution in [1.82, 2.24) is 4.58 Å². The smallest absolute Gasteiger partial charge is 0.207 e. The summed E-state index contributed by atoms with van der Waals surface area (Å²) in [6.07, 6.45) is 0. The summed E-state index contributed by atoms with van der Waals surface area (Å²) in [5.74, 6) is 0. The van der Waals surface area contributed by atoms with Gasteiger partial charge in [-0.3, -0.25) is 0 Å². The normalized spacial score (nSPS) is 11.9. The molecular weight excluding hydrogens is 838 g/mol. The molecule has 1 N–H and O–H groups in total. The molecule has 8 rings (SSSR count). The van der Waals surface area contributed by atoms with Crippen molar-refractivity contribution >= 4 is 78.6 Å². The molecule has 1 aliphatic carbocycles. The van der Waals surface area contributed by atoms with Gasteiger partial charge in [-0.05, 0) is 91.7 Å². The molecule has 6 nitrogen and oxygen atoms in total. The average molecular weight is 881 g/mol. The zero-order chi connectivity index (χ0) is 39.1. The highest BCUT2D eigenvalue weighted by atomic mass is 127. The molecule has 6 aromatic rings. The number of nitrogens with zero attached hydrogens (tertiary/aromatic N) is 3. The zero-order valence-corrected chi connectivity index (χ0v) is 34.9. The fourth-order valence-electron chi connectivity index (χ4n) is 7.42. The van der Waals surface area contributed by atoms with Crippen LogP contribution in [-0.2, 0) is 8.10 Å². The molecular formula is C49H43IN3O3S+. The number of benzene rings is 7. The molecule has 0 spiro atoms. The molecule has 1 aliphatic heterocycles. The highest BCUT2D eigenvalue weighted by Crippen LogP contribution is 2.45. The van der Waals surface area contributed by atoms with Gasteiger partial charge in [0.2, 0.25) is 11.0 Å². The van der Waals surface area contributed by atoms with Crippen molar-refractivity contribution in [2.75, 3.05) is 36.1 Å². The third-order valence-corrected chi connectivity index (χ3v) is 11.6. The van der Waals surface area contributed by atoms with Crippen LogP contribution in [0, 0.1) is 13.8 Å². The maximum Gasteiger partial charge on any atom is 0.207 e. The van der Waals surface area contributed by atoms with Crippen molar-refractivity contribution in [2.45, 2.75) is 13.8 Å². The molecule has 0 saturated heterocycles. The van der Waals surface area contributed by atoms with Gasteiger partial charge in [-0.15, -0.1) is 11.3 Å². The first-order valence-electron chi connectivity index (χ1n) is 19.0. The van der Waals surface area contributed by atoms with E-state index in [0.717, 1.165) is 49.9 Å². The first-order valence-corrected chi connectivity index (χ1v) is 20.7. The van der Waals surface area contributed by atoms with Gasteiger partial charge in [0.15, 0.2) is 29.6 Å². The van der Waals surface area contributed by atoms with E-state index in [4.69, 9.17) is 8.10 Å². The summed E-state index contributed by atoms with van der Waals surface area (Å²) >= 11 is 3.55. The highest BCUT2D eigenvalue weighted by Gasteiger charge is 2.21. The monoisotopic (exact) mass is 880 g/mol. The van der Waals surface area contributed by atoms with E-state index in [1.165, 1.54) is 32.3 Å². The minimum atomic E-state index is 0.0398. The quantitative estimate of drug-likeness (QED) is 0.0312. The van der Waals surface area contributed by atoms with Crippen molar-refractivity contribution in [3.05, 3.63) is 186 Å². The number of aliphatic hydroxyl groups excluding tert-OH is 1. The fourth-order valence-corrected chi connectivity index (χ4v) is 8.75. The lowest BCUT2D eigenvalue weighted by Crippen LogP contribution is -2.28. The second kappa shape index (κ2) is 17.8. The summed E-state index contributed by atoms with van der Waals surface area (Å²) < 4.78 is 8.30. The van der Waals surface area contributed by atoms with E-state index in [0.29, 0.717) is 19.7 Å². The predicted molar refractivity (Wildman–Crippen MR) is 246 cm³/mol. The van der Waals surface area contributed by atoms with Gasteiger partial charge in [0.1, 0.15) is 13.2 Å². The minimum Gasteiger partial charge on any atom is -0.390 e. The molecule has 0 atom stereocenters. The van der Waals surface area contributed by atoms with Crippen LogP contribution in [0.3, 0.4) is 0 Å². The van der Waals surface area contributed by atoms with Crippen LogP contribution in [0.1, 0.15) is 11.1 Å². The number of halogens is 1. The number of fused-ring (bicyclic) bond motifs is 2. The molecule has 2 aliphatic rings. The molecule has 1 heterocycles. The van der Waals surface area contributed by atoms with Crippen molar-refractivity contribution in [2.24, 2.45) is 0 Å². The molecule has 0 radical (unpaired) electrons. The fraction of sp³-hybridized carbons (Fsp3) is 0.122. The lowest BCUT2D eigenvalue weighted by molar-refractivity contribution is -0.162. The Kier molecular flexibility index (Phi) is 12.1. The van der Waals surface area contributed by atoms with Gasteiger partial charge >= 0.3 is 0 Å². The number of para-hydroxylation sites is 2. The van der Waals surface area contributed by atoms with E-state index in [1.807, 2.05) is 0 Å². The van der Waals surface area contributed by atoms with Crippen molar-refractivity contribution in [3.63, 3.8) is 0 Å². The van der Waals surface area contributed by atoms with Gasteiger partial charge in [-0.25, -0.2) is 4.89 Å². The van der Waals surface area contributed by atoms with Crippen LogP contribution in [0.2, 0.25) is 0 Å². The average Bonchev–Trinajstić information content (AvgIpc) is 3.25. The molecule has 284 valence electrons. The van der Waals surface area contributed by atoms with Gasteiger partial charge in [-0.1, -0.05) is 90.0 Å². The number of anilines is 5. The molecule has 0 amide bonds.